The zero-order valence-electron chi connectivity index (χ0n) is 12.5. The van der Waals surface area contributed by atoms with Crippen LogP contribution in [0.3, 0.4) is 0 Å². The van der Waals surface area contributed by atoms with E-state index in [0.29, 0.717) is 25.9 Å². The summed E-state index contributed by atoms with van der Waals surface area (Å²) in [4.78, 5) is 27.6. The van der Waals surface area contributed by atoms with Gasteiger partial charge < -0.3 is 14.9 Å². The highest BCUT2D eigenvalue weighted by Gasteiger charge is 2.46. The number of rotatable bonds is 2. The molecule has 114 valence electrons. The van der Waals surface area contributed by atoms with E-state index in [4.69, 9.17) is 0 Å². The maximum Gasteiger partial charge on any atom is 0.320 e. The standard InChI is InChI=1S/C14H24N2O3S/c1-4-14(11(17)18)5-6-15(10-14)12(19)16-7-8-20-13(2,3)9-16/h4-10H2,1-3H3,(H,17,18). The van der Waals surface area contributed by atoms with Gasteiger partial charge in [0.25, 0.3) is 0 Å². The van der Waals surface area contributed by atoms with Crippen LogP contribution in [-0.2, 0) is 4.79 Å². The van der Waals surface area contributed by atoms with Gasteiger partial charge in [-0.05, 0) is 26.7 Å². The highest BCUT2D eigenvalue weighted by atomic mass is 32.2. The third-order valence-electron chi connectivity index (χ3n) is 4.45. The molecule has 0 aliphatic carbocycles. The Morgan fingerprint density at radius 3 is 2.35 bits per heavy atom. The maximum atomic E-state index is 12.6. The van der Waals surface area contributed by atoms with E-state index >= 15 is 0 Å². The molecule has 2 amide bonds. The zero-order chi connectivity index (χ0) is 15.0. The van der Waals surface area contributed by atoms with Crippen molar-refractivity contribution < 1.29 is 14.7 Å². The summed E-state index contributed by atoms with van der Waals surface area (Å²) in [7, 11) is 0. The van der Waals surface area contributed by atoms with Crippen LogP contribution in [0.25, 0.3) is 0 Å². The first-order valence-corrected chi connectivity index (χ1v) is 8.19. The summed E-state index contributed by atoms with van der Waals surface area (Å²) < 4.78 is 0.0856. The summed E-state index contributed by atoms with van der Waals surface area (Å²) in [5.41, 5.74) is -0.740. The number of thioether (sulfide) groups is 1. The lowest BCUT2D eigenvalue weighted by Crippen LogP contribution is -2.51. The van der Waals surface area contributed by atoms with Crippen LogP contribution in [0.5, 0.6) is 0 Å². The number of amides is 2. The van der Waals surface area contributed by atoms with E-state index in [9.17, 15) is 14.7 Å². The fourth-order valence-electron chi connectivity index (χ4n) is 3.03. The smallest absolute Gasteiger partial charge is 0.320 e. The average Bonchev–Trinajstić information content (AvgIpc) is 2.82. The van der Waals surface area contributed by atoms with E-state index in [0.717, 1.165) is 18.8 Å². The van der Waals surface area contributed by atoms with Crippen molar-refractivity contribution in [3.63, 3.8) is 0 Å². The molecule has 5 nitrogen and oxygen atoms in total. The van der Waals surface area contributed by atoms with Crippen LogP contribution >= 0.6 is 11.8 Å². The number of hydrogen-bond acceptors (Lipinski definition) is 3. The minimum absolute atomic E-state index is 0.00921. The Labute approximate surface area is 124 Å². The Morgan fingerprint density at radius 2 is 1.85 bits per heavy atom. The van der Waals surface area contributed by atoms with E-state index in [-0.39, 0.29) is 10.8 Å². The van der Waals surface area contributed by atoms with Crippen molar-refractivity contribution in [2.24, 2.45) is 5.41 Å². The number of carboxylic acid groups (broad SMARTS) is 1. The van der Waals surface area contributed by atoms with E-state index in [2.05, 4.69) is 13.8 Å². The first kappa shape index (κ1) is 15.5. The maximum absolute atomic E-state index is 12.6. The van der Waals surface area contributed by atoms with Gasteiger partial charge >= 0.3 is 12.0 Å². The summed E-state index contributed by atoms with van der Waals surface area (Å²) >= 11 is 1.89. The molecule has 20 heavy (non-hydrogen) atoms. The van der Waals surface area contributed by atoms with Crippen LogP contribution < -0.4 is 0 Å². The topological polar surface area (TPSA) is 60.9 Å². The minimum atomic E-state index is -0.773. The van der Waals surface area contributed by atoms with E-state index in [1.54, 1.807) is 4.90 Å². The lowest BCUT2D eigenvalue weighted by Gasteiger charge is -2.39. The molecule has 0 saturated carbocycles. The van der Waals surface area contributed by atoms with Gasteiger partial charge in [-0.2, -0.15) is 11.8 Å². The van der Waals surface area contributed by atoms with Gasteiger partial charge in [-0.3, -0.25) is 4.79 Å². The predicted molar refractivity (Wildman–Crippen MR) is 80.1 cm³/mol. The van der Waals surface area contributed by atoms with E-state index < -0.39 is 11.4 Å². The third-order valence-corrected chi connectivity index (χ3v) is 5.75. The zero-order valence-corrected chi connectivity index (χ0v) is 13.3. The van der Waals surface area contributed by atoms with Crippen molar-refractivity contribution in [2.75, 3.05) is 31.9 Å². The highest BCUT2D eigenvalue weighted by Crippen LogP contribution is 2.36. The van der Waals surface area contributed by atoms with Gasteiger partial charge in [-0.15, -0.1) is 0 Å². The molecule has 2 aliphatic heterocycles. The van der Waals surface area contributed by atoms with Gasteiger partial charge in [0.1, 0.15) is 0 Å². The molecular weight excluding hydrogens is 276 g/mol. The van der Waals surface area contributed by atoms with Crippen molar-refractivity contribution >= 4 is 23.8 Å². The number of carbonyl (C=O) groups is 2. The Morgan fingerprint density at radius 1 is 1.20 bits per heavy atom. The predicted octanol–water partition coefficient (Wildman–Crippen LogP) is 2.12. The van der Waals surface area contributed by atoms with E-state index in [1.165, 1.54) is 0 Å². The molecule has 0 bridgehead atoms. The molecule has 2 fully saturated rings. The molecule has 2 heterocycles. The van der Waals surface area contributed by atoms with Gasteiger partial charge in [-0.25, -0.2) is 4.79 Å². The second-order valence-corrected chi connectivity index (χ2v) is 8.22. The Bertz CT molecular complexity index is 413. The molecular formula is C14H24N2O3S. The minimum Gasteiger partial charge on any atom is -0.481 e. The molecule has 0 spiro atoms. The molecule has 6 heteroatoms. The summed E-state index contributed by atoms with van der Waals surface area (Å²) in [5.74, 6) is 0.176. The second kappa shape index (κ2) is 5.47. The fourth-order valence-corrected chi connectivity index (χ4v) is 4.14. The number of aliphatic carboxylic acids is 1. The molecule has 0 aromatic heterocycles. The molecule has 0 aromatic rings. The van der Waals surface area contributed by atoms with Crippen molar-refractivity contribution in [3.05, 3.63) is 0 Å². The van der Waals surface area contributed by atoms with Crippen LogP contribution in [0, 0.1) is 5.41 Å². The normalized spacial score (nSPS) is 29.6. The van der Waals surface area contributed by atoms with Crippen LogP contribution in [0.4, 0.5) is 4.79 Å². The van der Waals surface area contributed by atoms with Crippen LogP contribution in [0.1, 0.15) is 33.6 Å². The molecule has 0 radical (unpaired) electrons. The van der Waals surface area contributed by atoms with Crippen molar-refractivity contribution in [1.29, 1.82) is 0 Å². The molecule has 2 aliphatic rings. The molecule has 1 atom stereocenters. The van der Waals surface area contributed by atoms with Gasteiger partial charge in [-0.1, -0.05) is 6.92 Å². The number of carboxylic acids is 1. The van der Waals surface area contributed by atoms with Crippen molar-refractivity contribution in [2.45, 2.75) is 38.4 Å². The summed E-state index contributed by atoms with van der Waals surface area (Å²) in [6.45, 7) is 8.59. The number of carbonyl (C=O) groups excluding carboxylic acids is 1. The number of nitrogens with zero attached hydrogens (tertiary/aromatic N) is 2. The Balaban J connectivity index is 2.03. The van der Waals surface area contributed by atoms with Gasteiger partial charge in [0, 0.05) is 36.7 Å². The first-order valence-electron chi connectivity index (χ1n) is 7.21. The molecule has 1 unspecified atom stereocenters. The number of likely N-dealkylation sites (tertiary alicyclic amines) is 1. The fraction of sp³-hybridized carbons (Fsp3) is 0.857. The van der Waals surface area contributed by atoms with Gasteiger partial charge in [0.15, 0.2) is 0 Å². The van der Waals surface area contributed by atoms with E-state index in [1.807, 2.05) is 23.6 Å². The monoisotopic (exact) mass is 300 g/mol. The number of hydrogen-bond donors (Lipinski definition) is 1. The first-order chi connectivity index (χ1) is 9.30. The summed E-state index contributed by atoms with van der Waals surface area (Å²) in [6.07, 6.45) is 1.14. The third kappa shape index (κ3) is 2.90. The second-order valence-electron chi connectivity index (χ2n) is 6.42. The highest BCUT2D eigenvalue weighted by molar-refractivity contribution is 8.00. The van der Waals surface area contributed by atoms with Crippen molar-refractivity contribution in [3.8, 4) is 0 Å². The van der Waals surface area contributed by atoms with Crippen molar-refractivity contribution in [1.82, 2.24) is 9.80 Å². The summed E-state index contributed by atoms with van der Waals surface area (Å²) in [5, 5.41) is 9.40. The van der Waals surface area contributed by atoms with Crippen LogP contribution in [0.15, 0.2) is 0 Å². The van der Waals surface area contributed by atoms with Gasteiger partial charge in [0.2, 0.25) is 0 Å². The quantitative estimate of drug-likeness (QED) is 0.848. The number of urea groups is 1. The summed E-state index contributed by atoms with van der Waals surface area (Å²) in [6, 6.07) is 0.00921. The Hall–Kier alpha value is -0.910. The van der Waals surface area contributed by atoms with Crippen LogP contribution in [0.2, 0.25) is 0 Å². The Kier molecular flexibility index (Phi) is 4.23. The molecule has 2 rings (SSSR count). The molecule has 2 saturated heterocycles. The largest absolute Gasteiger partial charge is 0.481 e. The molecule has 0 aromatic carbocycles. The van der Waals surface area contributed by atoms with Gasteiger partial charge in [0.05, 0.1) is 5.41 Å². The van der Waals surface area contributed by atoms with Crippen LogP contribution in [-0.4, -0.2) is 63.6 Å². The average molecular weight is 300 g/mol. The lowest BCUT2D eigenvalue weighted by atomic mass is 9.84. The lowest BCUT2D eigenvalue weighted by molar-refractivity contribution is -0.148. The SMILES string of the molecule is CCC1(C(=O)O)CCN(C(=O)N2CCSC(C)(C)C2)C1. The molecule has 1 N–H and O–H groups in total.